The average molecular weight is 689 g/mol. The molecule has 218 valence electrons. The lowest BCUT2D eigenvalue weighted by Crippen LogP contribution is -2.53. The summed E-state index contributed by atoms with van der Waals surface area (Å²) in [6.45, 7) is -0.626. The van der Waals surface area contributed by atoms with Crippen LogP contribution in [0.15, 0.2) is 112 Å². The Labute approximate surface area is 264 Å². The molecule has 0 radical (unpaired) electrons. The normalized spacial score (nSPS) is 11.9. The highest BCUT2D eigenvalue weighted by Gasteiger charge is 2.34. The number of amides is 2. The molecule has 0 saturated heterocycles. The molecule has 0 aromatic heterocycles. The molecule has 4 rings (SSSR count). The molecule has 0 saturated carbocycles. The summed E-state index contributed by atoms with van der Waals surface area (Å²) in [6, 6.07) is 27.7. The van der Waals surface area contributed by atoms with Crippen LogP contribution in [0, 0.1) is 0 Å². The molecule has 7 nitrogen and oxygen atoms in total. The van der Waals surface area contributed by atoms with Crippen LogP contribution in [0.2, 0.25) is 10.0 Å². The molecule has 1 atom stereocenters. The van der Waals surface area contributed by atoms with Crippen molar-refractivity contribution in [3.05, 3.63) is 129 Å². The van der Waals surface area contributed by atoms with Crippen molar-refractivity contribution in [1.29, 1.82) is 0 Å². The molecule has 0 heterocycles. The van der Waals surface area contributed by atoms with E-state index in [1.165, 1.54) is 24.1 Å². The predicted octanol–water partition coefficient (Wildman–Crippen LogP) is 6.34. The van der Waals surface area contributed by atoms with Crippen LogP contribution >= 0.6 is 39.1 Å². The van der Waals surface area contributed by atoms with Crippen LogP contribution in [-0.4, -0.2) is 44.8 Å². The third-order valence-electron chi connectivity index (χ3n) is 6.58. The van der Waals surface area contributed by atoms with Crippen molar-refractivity contribution in [3.63, 3.8) is 0 Å². The first kappa shape index (κ1) is 31.6. The second-order valence-electron chi connectivity index (χ2n) is 9.38. The number of rotatable bonds is 11. The smallest absolute Gasteiger partial charge is 0.264 e. The number of carbonyl (C=O) groups is 2. The Balaban J connectivity index is 1.80. The number of halogens is 3. The summed E-state index contributed by atoms with van der Waals surface area (Å²) in [5, 5.41) is 3.39. The molecule has 0 aliphatic heterocycles. The molecular formula is C31H28BrCl2N3O4S. The van der Waals surface area contributed by atoms with E-state index in [-0.39, 0.29) is 23.5 Å². The highest BCUT2D eigenvalue weighted by molar-refractivity contribution is 9.10. The molecule has 0 aliphatic rings. The first-order valence-electron chi connectivity index (χ1n) is 12.9. The molecule has 11 heteroatoms. The third kappa shape index (κ3) is 7.72. The zero-order chi connectivity index (χ0) is 30.3. The molecule has 4 aromatic carbocycles. The van der Waals surface area contributed by atoms with Crippen molar-refractivity contribution in [2.45, 2.75) is 23.9 Å². The van der Waals surface area contributed by atoms with E-state index in [1.54, 1.807) is 60.7 Å². The first-order chi connectivity index (χ1) is 20.1. The van der Waals surface area contributed by atoms with Crippen LogP contribution in [0.5, 0.6) is 0 Å². The Bertz CT molecular complexity index is 1660. The Morgan fingerprint density at radius 1 is 0.881 bits per heavy atom. The fourth-order valence-corrected chi connectivity index (χ4v) is 6.72. The van der Waals surface area contributed by atoms with Crippen LogP contribution in [0.4, 0.5) is 5.69 Å². The highest BCUT2D eigenvalue weighted by Crippen LogP contribution is 2.28. The van der Waals surface area contributed by atoms with E-state index < -0.39 is 34.4 Å². The van der Waals surface area contributed by atoms with Crippen LogP contribution in [0.1, 0.15) is 11.1 Å². The number of anilines is 1. The number of nitrogens with zero attached hydrogens (tertiary/aromatic N) is 2. The van der Waals surface area contributed by atoms with Gasteiger partial charge in [0.25, 0.3) is 10.0 Å². The van der Waals surface area contributed by atoms with Gasteiger partial charge in [0.05, 0.1) is 10.6 Å². The second-order valence-corrected chi connectivity index (χ2v) is 13.0. The largest absolute Gasteiger partial charge is 0.357 e. The zero-order valence-electron chi connectivity index (χ0n) is 22.6. The lowest BCUT2D eigenvalue weighted by molar-refractivity contribution is -0.139. The Hall–Kier alpha value is -3.37. The Morgan fingerprint density at radius 3 is 2.17 bits per heavy atom. The minimum absolute atomic E-state index is 0.0252. The topological polar surface area (TPSA) is 86.8 Å². The number of hydrogen-bond donors (Lipinski definition) is 1. The van der Waals surface area contributed by atoms with Crippen LogP contribution in [0.25, 0.3) is 0 Å². The first-order valence-corrected chi connectivity index (χ1v) is 15.9. The summed E-state index contributed by atoms with van der Waals surface area (Å²) < 4.78 is 29.5. The maximum absolute atomic E-state index is 14.3. The Morgan fingerprint density at radius 2 is 1.55 bits per heavy atom. The third-order valence-corrected chi connectivity index (χ3v) is 9.45. The van der Waals surface area contributed by atoms with Gasteiger partial charge in [0.1, 0.15) is 12.6 Å². The molecular weight excluding hydrogens is 661 g/mol. The fraction of sp³-hybridized carbons (Fsp3) is 0.161. The number of hydrogen-bond acceptors (Lipinski definition) is 4. The zero-order valence-corrected chi connectivity index (χ0v) is 26.5. The van der Waals surface area contributed by atoms with Crippen molar-refractivity contribution < 1.29 is 18.0 Å². The lowest BCUT2D eigenvalue weighted by Gasteiger charge is -2.33. The van der Waals surface area contributed by atoms with Gasteiger partial charge >= 0.3 is 0 Å². The SMILES string of the molecule is CNC(=O)[C@H](Cc1ccccc1)N(Cc1ccc(Cl)cc1Cl)C(=O)CN(c1cccc(Br)c1)S(=O)(=O)c1ccccc1. The molecule has 2 amide bonds. The van der Waals surface area contributed by atoms with Crippen molar-refractivity contribution >= 4 is 66.7 Å². The average Bonchev–Trinajstić information content (AvgIpc) is 2.99. The summed E-state index contributed by atoms with van der Waals surface area (Å²) in [5.74, 6) is -0.998. The minimum Gasteiger partial charge on any atom is -0.357 e. The van der Waals surface area contributed by atoms with Crippen molar-refractivity contribution in [1.82, 2.24) is 10.2 Å². The summed E-state index contributed by atoms with van der Waals surface area (Å²) in [5.41, 5.74) is 1.66. The van der Waals surface area contributed by atoms with Crippen LogP contribution in [-0.2, 0) is 32.6 Å². The molecule has 4 aromatic rings. The van der Waals surface area contributed by atoms with Crippen LogP contribution < -0.4 is 9.62 Å². The number of carbonyl (C=O) groups excluding carboxylic acids is 2. The van der Waals surface area contributed by atoms with E-state index in [0.717, 1.165) is 9.87 Å². The predicted molar refractivity (Wildman–Crippen MR) is 170 cm³/mol. The van der Waals surface area contributed by atoms with Gasteiger partial charge in [0.2, 0.25) is 11.8 Å². The summed E-state index contributed by atoms with van der Waals surface area (Å²) >= 11 is 16.0. The van der Waals surface area contributed by atoms with Crippen molar-refractivity contribution in [2.24, 2.45) is 0 Å². The molecule has 0 spiro atoms. The molecule has 42 heavy (non-hydrogen) atoms. The van der Waals surface area contributed by atoms with Gasteiger partial charge in [-0.15, -0.1) is 0 Å². The highest BCUT2D eigenvalue weighted by atomic mass is 79.9. The standard InChI is InChI=1S/C31H28BrCl2N3O4S/c1-35-31(39)29(17-22-9-4-2-5-10-22)36(20-23-15-16-25(33)19-28(23)34)30(38)21-37(26-12-8-11-24(32)18-26)42(40,41)27-13-6-3-7-14-27/h2-16,18-19,29H,17,20-21H2,1H3,(H,35,39)/t29-/m0/s1. The van der Waals surface area contributed by atoms with Gasteiger partial charge in [-0.1, -0.05) is 99.8 Å². The van der Waals surface area contributed by atoms with Gasteiger partial charge < -0.3 is 10.2 Å². The Kier molecular flexibility index (Phi) is 10.7. The molecule has 0 aliphatic carbocycles. The maximum atomic E-state index is 14.3. The van der Waals surface area contributed by atoms with Gasteiger partial charge in [-0.3, -0.25) is 13.9 Å². The van der Waals surface area contributed by atoms with E-state index in [2.05, 4.69) is 21.2 Å². The van der Waals surface area contributed by atoms with E-state index in [0.29, 0.717) is 20.1 Å². The summed E-state index contributed by atoms with van der Waals surface area (Å²) in [6.07, 6.45) is 0.194. The summed E-state index contributed by atoms with van der Waals surface area (Å²) in [7, 11) is -2.68. The molecule has 1 N–H and O–H groups in total. The second kappa shape index (κ2) is 14.2. The van der Waals surface area contributed by atoms with E-state index in [9.17, 15) is 18.0 Å². The van der Waals surface area contributed by atoms with E-state index in [1.807, 2.05) is 30.3 Å². The lowest BCUT2D eigenvalue weighted by atomic mass is 10.0. The quantitative estimate of drug-likeness (QED) is 0.199. The number of nitrogens with one attached hydrogen (secondary N) is 1. The maximum Gasteiger partial charge on any atom is 0.264 e. The summed E-state index contributed by atoms with van der Waals surface area (Å²) in [4.78, 5) is 29.0. The molecule has 0 bridgehead atoms. The molecule has 0 fully saturated rings. The van der Waals surface area contributed by atoms with Crippen molar-refractivity contribution in [3.8, 4) is 0 Å². The van der Waals surface area contributed by atoms with Gasteiger partial charge in [-0.2, -0.15) is 0 Å². The monoisotopic (exact) mass is 687 g/mol. The van der Waals surface area contributed by atoms with E-state index in [4.69, 9.17) is 23.2 Å². The number of sulfonamides is 1. The number of likely N-dealkylation sites (N-methyl/N-ethyl adjacent to an activating group) is 1. The fourth-order valence-electron chi connectivity index (χ4n) is 4.43. The minimum atomic E-state index is -4.18. The van der Waals surface area contributed by atoms with Gasteiger partial charge in [0.15, 0.2) is 0 Å². The van der Waals surface area contributed by atoms with E-state index >= 15 is 0 Å². The van der Waals surface area contributed by atoms with Crippen molar-refractivity contribution in [2.75, 3.05) is 17.9 Å². The molecule has 0 unspecified atom stereocenters. The van der Waals surface area contributed by atoms with Gasteiger partial charge in [0, 0.05) is 34.5 Å². The van der Waals surface area contributed by atoms with Gasteiger partial charge in [-0.05, 0) is 53.6 Å². The van der Waals surface area contributed by atoms with Gasteiger partial charge in [-0.25, -0.2) is 8.42 Å². The van der Waals surface area contributed by atoms with Crippen LogP contribution in [0.3, 0.4) is 0 Å². The number of benzene rings is 4.